The molecule has 6 heteroatoms. The Labute approximate surface area is 68.9 Å². The number of H-pyrrole nitrogens is 1. The summed E-state index contributed by atoms with van der Waals surface area (Å²) in [4.78, 5) is 0. The van der Waals surface area contributed by atoms with Gasteiger partial charge in [0.1, 0.15) is 4.60 Å². The molecule has 1 N–H and O–H groups in total. The quantitative estimate of drug-likeness (QED) is 0.786. The van der Waals surface area contributed by atoms with Crippen LogP contribution in [0.4, 0.5) is 13.2 Å². The first-order chi connectivity index (χ1) is 4.97. The van der Waals surface area contributed by atoms with Crippen LogP contribution >= 0.6 is 15.9 Å². The fourth-order valence-electron chi connectivity index (χ4n) is 0.640. The van der Waals surface area contributed by atoms with Crippen molar-refractivity contribution in [1.29, 1.82) is 0 Å². The number of aromatic amines is 1. The third-order valence-electron chi connectivity index (χ3n) is 0.991. The summed E-state index contributed by atoms with van der Waals surface area (Å²) in [7, 11) is 0. The maximum Gasteiger partial charge on any atom is 0.394 e. The van der Waals surface area contributed by atoms with Crippen LogP contribution in [0, 0.1) is 0 Å². The van der Waals surface area contributed by atoms with Gasteiger partial charge in [0.25, 0.3) is 0 Å². The van der Waals surface area contributed by atoms with Gasteiger partial charge >= 0.3 is 6.18 Å². The Hall–Kier alpha value is -0.520. The average molecular weight is 229 g/mol. The molecule has 11 heavy (non-hydrogen) atoms. The number of nitrogens with zero attached hydrogens (tertiary/aromatic N) is 1. The molecule has 0 spiro atoms. The van der Waals surface area contributed by atoms with Crippen molar-refractivity contribution in [2.75, 3.05) is 0 Å². The van der Waals surface area contributed by atoms with Crippen molar-refractivity contribution < 1.29 is 13.2 Å². The van der Waals surface area contributed by atoms with E-state index < -0.39 is 12.6 Å². The molecule has 0 aromatic carbocycles. The van der Waals surface area contributed by atoms with Crippen molar-refractivity contribution in [2.24, 2.45) is 0 Å². The van der Waals surface area contributed by atoms with E-state index in [1.165, 1.54) is 6.07 Å². The normalized spacial score (nSPS) is 12.0. The number of aromatic nitrogens is 2. The maximum absolute atomic E-state index is 11.7. The predicted octanol–water partition coefficient (Wildman–Crippen LogP) is 2.28. The molecule has 0 fully saturated rings. The lowest BCUT2D eigenvalue weighted by Crippen LogP contribution is -2.11. The molecule has 1 heterocycles. The first kappa shape index (κ1) is 8.58. The number of halogens is 4. The third-order valence-corrected chi connectivity index (χ3v) is 1.40. The minimum Gasteiger partial charge on any atom is -0.281 e. The maximum atomic E-state index is 11.7. The van der Waals surface area contributed by atoms with E-state index in [1.807, 2.05) is 0 Å². The Morgan fingerprint density at radius 3 is 2.55 bits per heavy atom. The van der Waals surface area contributed by atoms with Crippen molar-refractivity contribution in [1.82, 2.24) is 10.2 Å². The van der Waals surface area contributed by atoms with Gasteiger partial charge in [-0.3, -0.25) is 5.10 Å². The van der Waals surface area contributed by atoms with Crippen LogP contribution in [0.15, 0.2) is 10.7 Å². The lowest BCUT2D eigenvalue weighted by atomic mass is 10.3. The summed E-state index contributed by atoms with van der Waals surface area (Å²) in [5.74, 6) is 0. The van der Waals surface area contributed by atoms with Crippen LogP contribution in [0.2, 0.25) is 0 Å². The second kappa shape index (κ2) is 2.84. The molecule has 0 aliphatic rings. The lowest BCUT2D eigenvalue weighted by molar-refractivity contribution is -0.127. The van der Waals surface area contributed by atoms with Gasteiger partial charge in [0.05, 0.1) is 6.42 Å². The van der Waals surface area contributed by atoms with Gasteiger partial charge in [-0.15, -0.1) is 0 Å². The first-order valence-electron chi connectivity index (χ1n) is 2.74. The zero-order valence-corrected chi connectivity index (χ0v) is 6.83. The summed E-state index contributed by atoms with van der Waals surface area (Å²) < 4.78 is 35.4. The highest BCUT2D eigenvalue weighted by Crippen LogP contribution is 2.21. The Morgan fingerprint density at radius 1 is 1.55 bits per heavy atom. The number of hydrogen-bond donors (Lipinski definition) is 1. The Balaban J connectivity index is 2.65. The Morgan fingerprint density at radius 2 is 2.18 bits per heavy atom. The minimum absolute atomic E-state index is 0.0596. The minimum atomic E-state index is -4.17. The van der Waals surface area contributed by atoms with E-state index in [-0.39, 0.29) is 5.69 Å². The van der Waals surface area contributed by atoms with E-state index in [2.05, 4.69) is 26.1 Å². The molecule has 1 aromatic rings. The first-order valence-corrected chi connectivity index (χ1v) is 3.53. The van der Waals surface area contributed by atoms with Gasteiger partial charge in [0.15, 0.2) is 0 Å². The van der Waals surface area contributed by atoms with Crippen molar-refractivity contribution in [3.63, 3.8) is 0 Å². The van der Waals surface area contributed by atoms with Gasteiger partial charge in [0.2, 0.25) is 0 Å². The zero-order valence-electron chi connectivity index (χ0n) is 5.24. The SMILES string of the molecule is FC(F)(F)Cc1cc(Br)n[nH]1. The van der Waals surface area contributed by atoms with Crippen LogP contribution < -0.4 is 0 Å². The monoisotopic (exact) mass is 228 g/mol. The van der Waals surface area contributed by atoms with Gasteiger partial charge in [0, 0.05) is 5.69 Å². The molecule has 0 aliphatic heterocycles. The van der Waals surface area contributed by atoms with Gasteiger partial charge in [-0.2, -0.15) is 18.3 Å². The number of rotatable bonds is 1. The molecule has 0 bridgehead atoms. The van der Waals surface area contributed by atoms with Crippen LogP contribution in [-0.4, -0.2) is 16.4 Å². The second-order valence-corrected chi connectivity index (χ2v) is 2.82. The molecule has 1 rings (SSSR count). The predicted molar refractivity (Wildman–Crippen MR) is 36.0 cm³/mol. The number of hydrogen-bond acceptors (Lipinski definition) is 1. The summed E-state index contributed by atoms with van der Waals surface area (Å²) in [5.41, 5.74) is 0.0596. The highest BCUT2D eigenvalue weighted by Gasteiger charge is 2.28. The zero-order chi connectivity index (χ0) is 8.48. The van der Waals surface area contributed by atoms with Crippen molar-refractivity contribution in [3.05, 3.63) is 16.4 Å². The van der Waals surface area contributed by atoms with E-state index in [0.29, 0.717) is 4.60 Å². The lowest BCUT2D eigenvalue weighted by Gasteiger charge is -2.01. The van der Waals surface area contributed by atoms with E-state index in [1.54, 1.807) is 0 Å². The third kappa shape index (κ3) is 2.92. The molecule has 0 amide bonds. The van der Waals surface area contributed by atoms with Gasteiger partial charge in [-0.25, -0.2) is 0 Å². The average Bonchev–Trinajstić information content (AvgIpc) is 2.10. The van der Waals surface area contributed by atoms with Crippen LogP contribution in [0.5, 0.6) is 0 Å². The van der Waals surface area contributed by atoms with Crippen LogP contribution in [0.25, 0.3) is 0 Å². The summed E-state index contributed by atoms with van der Waals surface area (Å²) in [6.45, 7) is 0. The molecule has 0 saturated carbocycles. The Bertz CT molecular complexity index is 242. The van der Waals surface area contributed by atoms with E-state index in [9.17, 15) is 13.2 Å². The second-order valence-electron chi connectivity index (χ2n) is 2.01. The molecule has 62 valence electrons. The summed E-state index contributed by atoms with van der Waals surface area (Å²) in [6, 6.07) is 1.30. The molecule has 0 atom stereocenters. The van der Waals surface area contributed by atoms with E-state index >= 15 is 0 Å². The molecule has 1 aromatic heterocycles. The molecular formula is C5H4BrF3N2. The molecule has 0 unspecified atom stereocenters. The number of nitrogens with one attached hydrogen (secondary N) is 1. The topological polar surface area (TPSA) is 28.7 Å². The van der Waals surface area contributed by atoms with Crippen molar-refractivity contribution in [3.8, 4) is 0 Å². The van der Waals surface area contributed by atoms with Crippen molar-refractivity contribution >= 4 is 15.9 Å². The molecule has 0 saturated heterocycles. The van der Waals surface area contributed by atoms with Gasteiger partial charge < -0.3 is 0 Å². The standard InChI is InChI=1S/C5H4BrF3N2/c6-4-1-3(10-11-4)2-5(7,8)9/h1H,2H2,(H,10,11). The van der Waals surface area contributed by atoms with Crippen molar-refractivity contribution in [2.45, 2.75) is 12.6 Å². The van der Waals surface area contributed by atoms with Gasteiger partial charge in [-0.05, 0) is 22.0 Å². The highest BCUT2D eigenvalue weighted by molar-refractivity contribution is 9.10. The van der Waals surface area contributed by atoms with Crippen LogP contribution in [0.1, 0.15) is 5.69 Å². The summed E-state index contributed by atoms with van der Waals surface area (Å²) >= 11 is 2.93. The summed E-state index contributed by atoms with van der Waals surface area (Å²) in [5, 5.41) is 5.74. The van der Waals surface area contributed by atoms with E-state index in [4.69, 9.17) is 0 Å². The fourth-order valence-corrected chi connectivity index (χ4v) is 1.01. The van der Waals surface area contributed by atoms with E-state index in [0.717, 1.165) is 0 Å². The number of alkyl halides is 3. The smallest absolute Gasteiger partial charge is 0.281 e. The van der Waals surface area contributed by atoms with Gasteiger partial charge in [-0.1, -0.05) is 0 Å². The molecule has 0 radical (unpaired) electrons. The van der Waals surface area contributed by atoms with Crippen LogP contribution in [-0.2, 0) is 6.42 Å². The highest BCUT2D eigenvalue weighted by atomic mass is 79.9. The van der Waals surface area contributed by atoms with Crippen LogP contribution in [0.3, 0.4) is 0 Å². The molecule has 0 aliphatic carbocycles. The summed E-state index contributed by atoms with van der Waals surface area (Å²) in [6.07, 6.45) is -5.14. The largest absolute Gasteiger partial charge is 0.394 e. The molecular weight excluding hydrogens is 225 g/mol. The molecule has 2 nitrogen and oxygen atoms in total. The fraction of sp³-hybridized carbons (Fsp3) is 0.400. The Kier molecular flexibility index (Phi) is 2.22.